The molecule has 2 N–H and O–H groups in total. The van der Waals surface area contributed by atoms with Crippen molar-refractivity contribution in [3.05, 3.63) is 65.7 Å². The lowest BCUT2D eigenvalue weighted by atomic mass is 9.72. The second-order valence-corrected chi connectivity index (χ2v) is 9.72. The molecule has 0 heterocycles. The van der Waals surface area contributed by atoms with Crippen molar-refractivity contribution < 1.29 is 14.9 Å². The van der Waals surface area contributed by atoms with E-state index in [1.165, 1.54) is 0 Å². The maximum absolute atomic E-state index is 11.3. The van der Waals surface area contributed by atoms with Crippen LogP contribution in [0.1, 0.15) is 63.5 Å². The maximum atomic E-state index is 11.3. The summed E-state index contributed by atoms with van der Waals surface area (Å²) in [5.74, 6) is 1.68. The third kappa shape index (κ3) is 8.64. The maximum Gasteiger partial charge on any atom is 0.119 e. The van der Waals surface area contributed by atoms with Crippen LogP contribution in [0.15, 0.2) is 54.6 Å². The summed E-state index contributed by atoms with van der Waals surface area (Å²) in [5, 5.41) is 21.1. The van der Waals surface area contributed by atoms with Crippen LogP contribution in [0, 0.1) is 5.92 Å². The van der Waals surface area contributed by atoms with Gasteiger partial charge in [-0.1, -0.05) is 63.2 Å². The molecule has 1 saturated carbocycles. The van der Waals surface area contributed by atoms with Crippen molar-refractivity contribution in [2.45, 2.75) is 70.7 Å². The largest absolute Gasteiger partial charge is 0.489 e. The monoisotopic (exact) mass is 427 g/mol. The van der Waals surface area contributed by atoms with Crippen LogP contribution >= 0.6 is 0 Å². The number of aliphatic hydroxyl groups is 2. The fourth-order valence-corrected chi connectivity index (χ4v) is 3.94. The molecule has 0 aliphatic heterocycles. The smallest absolute Gasteiger partial charge is 0.119 e. The van der Waals surface area contributed by atoms with Crippen LogP contribution < -0.4 is 4.74 Å². The number of rotatable bonds is 7. The highest BCUT2D eigenvalue weighted by Crippen LogP contribution is 2.40. The van der Waals surface area contributed by atoms with Gasteiger partial charge in [0.1, 0.15) is 12.4 Å². The molecule has 1 unspecified atom stereocenters. The Morgan fingerprint density at radius 1 is 0.968 bits per heavy atom. The Hall–Kier alpha value is -1.88. The summed E-state index contributed by atoms with van der Waals surface area (Å²) in [4.78, 5) is 2.12. The SMILES string of the molecule is CC(C)C.CN(C)CC(c1ccc(OCc2ccccc2)cc1)C1(O)CCC(O)CC1. The second-order valence-electron chi connectivity index (χ2n) is 9.72. The number of hydrogen-bond acceptors (Lipinski definition) is 4. The van der Waals surface area contributed by atoms with Gasteiger partial charge in [-0.3, -0.25) is 0 Å². The molecule has 0 amide bonds. The minimum absolute atomic E-state index is 0.0168. The molecule has 0 bridgehead atoms. The normalized spacial score (nSPS) is 22.0. The predicted molar refractivity (Wildman–Crippen MR) is 128 cm³/mol. The van der Waals surface area contributed by atoms with Crippen LogP contribution in [-0.4, -0.2) is 47.5 Å². The zero-order chi connectivity index (χ0) is 22.9. The average molecular weight is 428 g/mol. The van der Waals surface area contributed by atoms with Crippen molar-refractivity contribution in [3.63, 3.8) is 0 Å². The third-order valence-electron chi connectivity index (χ3n) is 5.55. The van der Waals surface area contributed by atoms with Crippen LogP contribution in [0.5, 0.6) is 5.75 Å². The van der Waals surface area contributed by atoms with Gasteiger partial charge < -0.3 is 19.8 Å². The Morgan fingerprint density at radius 3 is 2.03 bits per heavy atom. The number of nitrogens with zero attached hydrogens (tertiary/aromatic N) is 1. The molecule has 4 nitrogen and oxygen atoms in total. The second kappa shape index (κ2) is 12.2. The summed E-state index contributed by atoms with van der Waals surface area (Å²) >= 11 is 0. The minimum atomic E-state index is -0.768. The molecule has 1 aliphatic rings. The van der Waals surface area contributed by atoms with Crippen molar-refractivity contribution in [1.82, 2.24) is 4.90 Å². The number of likely N-dealkylation sites (N-methyl/N-ethyl adjacent to an activating group) is 1. The first-order valence-electron chi connectivity index (χ1n) is 11.5. The zero-order valence-corrected chi connectivity index (χ0v) is 19.9. The third-order valence-corrected chi connectivity index (χ3v) is 5.55. The molecule has 1 aliphatic carbocycles. The van der Waals surface area contributed by atoms with Gasteiger partial charge in [-0.05, 0) is 69.0 Å². The van der Waals surface area contributed by atoms with E-state index in [4.69, 9.17) is 4.74 Å². The molecule has 0 saturated heterocycles. The molecule has 2 aromatic rings. The fourth-order valence-electron chi connectivity index (χ4n) is 3.94. The van der Waals surface area contributed by atoms with E-state index in [1.54, 1.807) is 0 Å². The Bertz CT molecular complexity index is 732. The topological polar surface area (TPSA) is 52.9 Å². The van der Waals surface area contributed by atoms with Crippen molar-refractivity contribution in [1.29, 1.82) is 0 Å². The molecule has 0 spiro atoms. The van der Waals surface area contributed by atoms with Crippen LogP contribution in [0.25, 0.3) is 0 Å². The van der Waals surface area contributed by atoms with E-state index in [0.29, 0.717) is 32.3 Å². The van der Waals surface area contributed by atoms with Crippen molar-refractivity contribution in [2.24, 2.45) is 5.92 Å². The molecule has 172 valence electrons. The van der Waals surface area contributed by atoms with Gasteiger partial charge in [-0.15, -0.1) is 0 Å². The number of ether oxygens (including phenoxy) is 1. The summed E-state index contributed by atoms with van der Waals surface area (Å²) in [6, 6.07) is 18.2. The van der Waals surface area contributed by atoms with Gasteiger partial charge in [0.15, 0.2) is 0 Å². The highest BCUT2D eigenvalue weighted by molar-refractivity contribution is 5.32. The van der Waals surface area contributed by atoms with Crippen LogP contribution in [0.4, 0.5) is 0 Å². The first-order valence-corrected chi connectivity index (χ1v) is 11.5. The van der Waals surface area contributed by atoms with Gasteiger partial charge in [-0.25, -0.2) is 0 Å². The molecule has 31 heavy (non-hydrogen) atoms. The van der Waals surface area contributed by atoms with Crippen molar-refractivity contribution in [2.75, 3.05) is 20.6 Å². The molecule has 1 fully saturated rings. The van der Waals surface area contributed by atoms with E-state index in [2.05, 4.69) is 49.9 Å². The molecular weight excluding hydrogens is 386 g/mol. The van der Waals surface area contributed by atoms with Gasteiger partial charge in [-0.2, -0.15) is 0 Å². The minimum Gasteiger partial charge on any atom is -0.489 e. The molecule has 4 heteroatoms. The zero-order valence-electron chi connectivity index (χ0n) is 19.9. The van der Waals surface area contributed by atoms with Gasteiger partial charge >= 0.3 is 0 Å². The molecule has 3 rings (SSSR count). The lowest BCUT2D eigenvalue weighted by Crippen LogP contribution is -2.45. The quantitative estimate of drug-likeness (QED) is 0.634. The van der Waals surface area contributed by atoms with Gasteiger partial charge in [0.2, 0.25) is 0 Å². The number of hydrogen-bond donors (Lipinski definition) is 2. The molecule has 0 aromatic heterocycles. The Kier molecular flexibility index (Phi) is 10.0. The van der Waals surface area contributed by atoms with Crippen LogP contribution in [-0.2, 0) is 6.61 Å². The number of aliphatic hydroxyl groups excluding tert-OH is 1. The van der Waals surface area contributed by atoms with Gasteiger partial charge in [0.25, 0.3) is 0 Å². The van der Waals surface area contributed by atoms with E-state index >= 15 is 0 Å². The van der Waals surface area contributed by atoms with E-state index in [0.717, 1.165) is 29.3 Å². The lowest BCUT2D eigenvalue weighted by Gasteiger charge is -2.42. The summed E-state index contributed by atoms with van der Waals surface area (Å²) in [6.07, 6.45) is 2.33. The van der Waals surface area contributed by atoms with Gasteiger partial charge in [0, 0.05) is 12.5 Å². The van der Waals surface area contributed by atoms with Crippen molar-refractivity contribution in [3.8, 4) is 5.75 Å². The highest BCUT2D eigenvalue weighted by Gasteiger charge is 2.40. The molecule has 0 radical (unpaired) electrons. The van der Waals surface area contributed by atoms with E-state index in [1.807, 2.05) is 44.4 Å². The highest BCUT2D eigenvalue weighted by atomic mass is 16.5. The lowest BCUT2D eigenvalue weighted by molar-refractivity contribution is -0.0556. The van der Waals surface area contributed by atoms with Crippen LogP contribution in [0.2, 0.25) is 0 Å². The van der Waals surface area contributed by atoms with E-state index in [-0.39, 0.29) is 12.0 Å². The number of benzene rings is 2. The Morgan fingerprint density at radius 2 is 1.52 bits per heavy atom. The Labute approximate surface area is 188 Å². The molecule has 1 atom stereocenters. The van der Waals surface area contributed by atoms with Crippen molar-refractivity contribution >= 4 is 0 Å². The molecule has 2 aromatic carbocycles. The standard InChI is InChI=1S/C23H31NO3.C4H10/c1-24(2)16-22(23(26)14-12-20(25)13-15-23)19-8-10-21(11-9-19)27-17-18-6-4-3-5-7-18;1-4(2)3/h3-11,20,22,25-26H,12-17H2,1-2H3;4H,1-3H3. The van der Waals surface area contributed by atoms with E-state index < -0.39 is 5.60 Å². The summed E-state index contributed by atoms with van der Waals surface area (Å²) in [5.41, 5.74) is 1.49. The first kappa shape index (κ1) is 25.4. The summed E-state index contributed by atoms with van der Waals surface area (Å²) in [6.45, 7) is 7.82. The average Bonchev–Trinajstić information content (AvgIpc) is 2.73. The summed E-state index contributed by atoms with van der Waals surface area (Å²) < 4.78 is 5.89. The van der Waals surface area contributed by atoms with E-state index in [9.17, 15) is 10.2 Å². The Balaban J connectivity index is 0.000000785. The fraction of sp³-hybridized carbons (Fsp3) is 0.556. The summed E-state index contributed by atoms with van der Waals surface area (Å²) in [7, 11) is 4.07. The first-order chi connectivity index (χ1) is 14.7. The molecular formula is C27H41NO3. The predicted octanol–water partition coefficient (Wildman–Crippen LogP) is 5.24. The van der Waals surface area contributed by atoms with Gasteiger partial charge in [0.05, 0.1) is 11.7 Å². The van der Waals surface area contributed by atoms with Crippen LogP contribution in [0.3, 0.4) is 0 Å².